The van der Waals surface area contributed by atoms with Crippen molar-refractivity contribution in [3.8, 4) is 0 Å². The normalized spacial score (nSPS) is 17.1. The first-order chi connectivity index (χ1) is 24.9. The highest BCUT2D eigenvalue weighted by Gasteiger charge is 2.34. The molecule has 7 rings (SSSR count). The van der Waals surface area contributed by atoms with Gasteiger partial charge < -0.3 is 33.2 Å². The summed E-state index contributed by atoms with van der Waals surface area (Å²) in [6.07, 6.45) is 7.80. The van der Waals surface area contributed by atoms with Crippen LogP contribution in [0.25, 0.3) is 0 Å². The molecule has 6 aromatic heterocycles. The van der Waals surface area contributed by atoms with Crippen LogP contribution < -0.4 is 33.2 Å². The molecule has 0 atom stereocenters. The fraction of sp³-hybridized carbons (Fsp3) is 0.231. The molecule has 0 aliphatic heterocycles. The molecule has 12 heteroatoms. The van der Waals surface area contributed by atoms with E-state index in [1.165, 1.54) is 0 Å². The topological polar surface area (TPSA) is 191 Å². The standard InChI is InChI=1S/C39H42N12/c40-28-16-34(49-37(19-28)46-22-31-7-1-4-10-43-31)25-13-26(35-17-29(41)20-38(50-35)47-23-32-8-2-5-11-44-32)15-27(14-25)36-18-30(42)21-39(51-36)48-24-33-9-3-6-12-45-33/h1-12,16-21,25-27H,13-15,22-24H2,(H3,40,46,49)(H3,41,47,50)(H3,42,48,51). The summed E-state index contributed by atoms with van der Waals surface area (Å²) in [5, 5.41) is 10.2. The summed E-state index contributed by atoms with van der Waals surface area (Å²) in [6.45, 7) is 1.61. The number of anilines is 6. The van der Waals surface area contributed by atoms with E-state index in [1.54, 1.807) is 18.6 Å². The summed E-state index contributed by atoms with van der Waals surface area (Å²) in [7, 11) is 0. The van der Waals surface area contributed by atoms with Crippen LogP contribution >= 0.6 is 0 Å². The third-order valence-electron chi connectivity index (χ3n) is 9.09. The Morgan fingerprint density at radius 1 is 0.451 bits per heavy atom. The average Bonchev–Trinajstić information content (AvgIpc) is 3.16. The summed E-state index contributed by atoms with van der Waals surface area (Å²) in [4.78, 5) is 28.5. The van der Waals surface area contributed by atoms with Crippen molar-refractivity contribution in [3.63, 3.8) is 0 Å². The molecule has 1 fully saturated rings. The Morgan fingerprint density at radius 3 is 1.04 bits per heavy atom. The third-order valence-corrected chi connectivity index (χ3v) is 9.09. The zero-order valence-corrected chi connectivity index (χ0v) is 28.3. The zero-order valence-electron chi connectivity index (χ0n) is 28.3. The van der Waals surface area contributed by atoms with E-state index in [9.17, 15) is 0 Å². The second-order valence-electron chi connectivity index (χ2n) is 13.0. The summed E-state index contributed by atoms with van der Waals surface area (Å²) in [5.74, 6) is 2.32. The number of nitrogens with one attached hydrogen (secondary N) is 3. The van der Waals surface area contributed by atoms with Gasteiger partial charge in [0.05, 0.1) is 36.7 Å². The van der Waals surface area contributed by atoms with Crippen LogP contribution in [0.3, 0.4) is 0 Å². The van der Waals surface area contributed by atoms with Gasteiger partial charge in [0.2, 0.25) is 0 Å². The lowest BCUT2D eigenvalue weighted by Gasteiger charge is -2.35. The fourth-order valence-corrected chi connectivity index (χ4v) is 6.72. The van der Waals surface area contributed by atoms with Crippen molar-refractivity contribution >= 4 is 34.5 Å². The van der Waals surface area contributed by atoms with Crippen molar-refractivity contribution in [2.75, 3.05) is 33.2 Å². The Kier molecular flexibility index (Phi) is 10.1. The molecule has 9 N–H and O–H groups in total. The number of rotatable bonds is 12. The molecule has 0 spiro atoms. The van der Waals surface area contributed by atoms with Crippen molar-refractivity contribution in [2.45, 2.75) is 56.7 Å². The number of nitrogens with two attached hydrogens (primary N) is 3. The molecule has 12 nitrogen and oxygen atoms in total. The van der Waals surface area contributed by atoms with Crippen molar-refractivity contribution in [2.24, 2.45) is 0 Å². The largest absolute Gasteiger partial charge is 0.399 e. The van der Waals surface area contributed by atoms with Crippen LogP contribution in [-0.4, -0.2) is 29.9 Å². The maximum atomic E-state index is 6.49. The van der Waals surface area contributed by atoms with Crippen LogP contribution in [0.15, 0.2) is 110 Å². The van der Waals surface area contributed by atoms with E-state index < -0.39 is 0 Å². The lowest BCUT2D eigenvalue weighted by molar-refractivity contribution is 0.339. The number of hydrogen-bond acceptors (Lipinski definition) is 12. The molecule has 0 bridgehead atoms. The summed E-state index contributed by atoms with van der Waals surface area (Å²) < 4.78 is 0. The number of pyridine rings is 6. The van der Waals surface area contributed by atoms with Gasteiger partial charge in [-0.1, -0.05) is 18.2 Å². The minimum Gasteiger partial charge on any atom is -0.399 e. The molecule has 1 aliphatic rings. The Labute approximate surface area is 297 Å². The van der Waals surface area contributed by atoms with Crippen molar-refractivity contribution < 1.29 is 0 Å². The molecular formula is C39H42N12. The Morgan fingerprint density at radius 2 is 0.765 bits per heavy atom. The predicted octanol–water partition coefficient (Wildman–Crippen LogP) is 6.47. The monoisotopic (exact) mass is 678 g/mol. The minimum absolute atomic E-state index is 0.0639. The van der Waals surface area contributed by atoms with E-state index in [4.69, 9.17) is 32.2 Å². The van der Waals surface area contributed by atoms with Gasteiger partial charge >= 0.3 is 0 Å². The van der Waals surface area contributed by atoms with E-state index in [0.29, 0.717) is 54.2 Å². The smallest absolute Gasteiger partial charge is 0.128 e. The summed E-state index contributed by atoms with van der Waals surface area (Å²) in [5.41, 5.74) is 26.9. The first-order valence-electron chi connectivity index (χ1n) is 17.2. The number of nitrogens with zero attached hydrogens (tertiary/aromatic N) is 6. The van der Waals surface area contributed by atoms with Gasteiger partial charge in [-0.3, -0.25) is 15.0 Å². The molecule has 0 saturated heterocycles. The van der Waals surface area contributed by atoms with E-state index in [-0.39, 0.29) is 17.8 Å². The zero-order chi connectivity index (χ0) is 35.0. The Balaban J connectivity index is 1.18. The first kappa shape index (κ1) is 33.2. The molecular weight excluding hydrogens is 637 g/mol. The highest BCUT2D eigenvalue weighted by Crippen LogP contribution is 2.48. The molecule has 0 unspecified atom stereocenters. The van der Waals surface area contributed by atoms with Gasteiger partial charge in [0.15, 0.2) is 0 Å². The van der Waals surface area contributed by atoms with Crippen LogP contribution in [-0.2, 0) is 19.6 Å². The third kappa shape index (κ3) is 8.84. The highest BCUT2D eigenvalue weighted by molar-refractivity contribution is 5.54. The Bertz CT molecular complexity index is 1800. The Hall–Kier alpha value is -6.30. The molecule has 0 radical (unpaired) electrons. The maximum Gasteiger partial charge on any atom is 0.128 e. The maximum absolute atomic E-state index is 6.49. The molecule has 258 valence electrons. The lowest BCUT2D eigenvalue weighted by Crippen LogP contribution is -2.23. The molecule has 6 heterocycles. The highest BCUT2D eigenvalue weighted by atomic mass is 15.0. The van der Waals surface area contributed by atoms with Gasteiger partial charge in [-0.15, -0.1) is 0 Å². The SMILES string of the molecule is Nc1cc(NCc2ccccn2)nc(C2CC(c3cc(N)cc(NCc4ccccn4)n3)CC(c3cc(N)cc(NCc4ccccn4)n3)C2)c1. The summed E-state index contributed by atoms with van der Waals surface area (Å²) in [6, 6.07) is 29.1. The van der Waals surface area contributed by atoms with Crippen LogP contribution in [0.1, 0.15) is 71.2 Å². The fourth-order valence-electron chi connectivity index (χ4n) is 6.72. The second kappa shape index (κ2) is 15.5. The minimum atomic E-state index is 0.0639. The van der Waals surface area contributed by atoms with E-state index >= 15 is 0 Å². The average molecular weight is 679 g/mol. The van der Waals surface area contributed by atoms with Gasteiger partial charge in [-0.25, -0.2) is 15.0 Å². The van der Waals surface area contributed by atoms with Crippen LogP contribution in [0.2, 0.25) is 0 Å². The van der Waals surface area contributed by atoms with E-state index in [0.717, 1.165) is 53.4 Å². The number of nitrogen functional groups attached to an aromatic ring is 3. The van der Waals surface area contributed by atoms with E-state index in [1.807, 2.05) is 91.0 Å². The quantitative estimate of drug-likeness (QED) is 0.0827. The second-order valence-corrected chi connectivity index (χ2v) is 13.0. The summed E-state index contributed by atoms with van der Waals surface area (Å²) >= 11 is 0. The van der Waals surface area contributed by atoms with Crippen LogP contribution in [0.5, 0.6) is 0 Å². The number of hydrogen-bond donors (Lipinski definition) is 6. The molecule has 6 aromatic rings. The van der Waals surface area contributed by atoms with Crippen LogP contribution in [0.4, 0.5) is 34.5 Å². The van der Waals surface area contributed by atoms with Crippen molar-refractivity contribution in [1.29, 1.82) is 0 Å². The van der Waals surface area contributed by atoms with Gasteiger partial charge in [0, 0.05) is 88.7 Å². The van der Waals surface area contributed by atoms with Gasteiger partial charge in [0.1, 0.15) is 17.5 Å². The number of aromatic nitrogens is 6. The van der Waals surface area contributed by atoms with Crippen molar-refractivity contribution in [1.82, 2.24) is 29.9 Å². The lowest BCUT2D eigenvalue weighted by atomic mass is 9.71. The first-order valence-corrected chi connectivity index (χ1v) is 17.2. The van der Waals surface area contributed by atoms with Gasteiger partial charge in [0.25, 0.3) is 0 Å². The molecule has 1 aliphatic carbocycles. The predicted molar refractivity (Wildman–Crippen MR) is 203 cm³/mol. The van der Waals surface area contributed by atoms with Gasteiger partial charge in [-0.05, 0) is 73.9 Å². The molecule has 0 aromatic carbocycles. The molecule has 51 heavy (non-hydrogen) atoms. The molecule has 1 saturated carbocycles. The van der Waals surface area contributed by atoms with Crippen LogP contribution in [0, 0.1) is 0 Å². The molecule has 0 amide bonds. The van der Waals surface area contributed by atoms with E-state index in [2.05, 4.69) is 30.9 Å². The van der Waals surface area contributed by atoms with Crippen molar-refractivity contribution in [3.05, 3.63) is 144 Å². The van der Waals surface area contributed by atoms with Gasteiger partial charge in [-0.2, -0.15) is 0 Å².